The topological polar surface area (TPSA) is 89.5 Å². The molecule has 8 nitrogen and oxygen atoms in total. The molecule has 0 radical (unpaired) electrons. The first kappa shape index (κ1) is 24.6. The van der Waals surface area contributed by atoms with E-state index in [0.29, 0.717) is 29.1 Å². The molecule has 0 aliphatic heterocycles. The van der Waals surface area contributed by atoms with E-state index < -0.39 is 11.9 Å². The summed E-state index contributed by atoms with van der Waals surface area (Å²) in [5.41, 5.74) is 0.349. The quantitative estimate of drug-likeness (QED) is 0.0944. The smallest absolute Gasteiger partial charge is 0.340 e. The molecule has 0 amide bonds. The molecule has 0 N–H and O–H groups in total. The summed E-state index contributed by atoms with van der Waals surface area (Å²) in [6.07, 6.45) is 3.45. The van der Waals surface area contributed by atoms with Crippen molar-refractivity contribution in [3.05, 3.63) is 29.8 Å². The molecule has 0 aromatic heterocycles. The van der Waals surface area contributed by atoms with Gasteiger partial charge in [-0.2, -0.15) is 0 Å². The normalized spacial score (nSPS) is 21.4. The van der Waals surface area contributed by atoms with Crippen LogP contribution < -0.4 is 4.74 Å². The summed E-state index contributed by atoms with van der Waals surface area (Å²) < 4.78 is 20.8. The number of rotatable bonds is 11. The Morgan fingerprint density at radius 3 is 2.57 bits per heavy atom. The fourth-order valence-corrected chi connectivity index (χ4v) is 3.80. The van der Waals surface area contributed by atoms with Crippen LogP contribution in [-0.4, -0.2) is 37.7 Å². The molecule has 0 spiro atoms. The minimum absolute atomic E-state index is 0.0725. The van der Waals surface area contributed by atoms with Crippen LogP contribution in [-0.2, 0) is 28.5 Å². The Morgan fingerprint density at radius 2 is 1.90 bits per heavy atom. The molecule has 0 saturated heterocycles. The second-order valence-electron chi connectivity index (χ2n) is 7.64. The molecule has 3 atom stereocenters. The molecule has 1 saturated carbocycles. The molecular weight excluding hydrogens is 412 g/mol. The van der Waals surface area contributed by atoms with Gasteiger partial charge in [-0.15, -0.1) is 4.33 Å². The highest BCUT2D eigenvalue weighted by Crippen LogP contribution is 2.35. The maximum absolute atomic E-state index is 12.2. The average molecular weight is 443 g/mol. The van der Waals surface area contributed by atoms with Crippen molar-refractivity contribution >= 4 is 24.0 Å². The van der Waals surface area contributed by atoms with Crippen molar-refractivity contribution in [2.75, 3.05) is 19.7 Å². The summed E-state index contributed by atoms with van der Waals surface area (Å²) in [6.45, 7) is 6.57. The molecule has 1 aromatic carbocycles. The van der Waals surface area contributed by atoms with Crippen molar-refractivity contribution < 1.29 is 38.1 Å². The fourth-order valence-electron chi connectivity index (χ4n) is 3.50. The number of carbonyl (C=O) groups excluding carboxylic acids is 2. The van der Waals surface area contributed by atoms with Crippen LogP contribution in [0.15, 0.2) is 24.3 Å². The third-order valence-corrected chi connectivity index (χ3v) is 5.58. The summed E-state index contributed by atoms with van der Waals surface area (Å²) in [6, 6.07) is 6.10. The number of carbonyl (C=O) groups is 2. The van der Waals surface area contributed by atoms with Gasteiger partial charge in [-0.05, 0) is 54.9 Å². The number of hydrogen-bond acceptors (Lipinski definition) is 9. The predicted octanol–water partition coefficient (Wildman–Crippen LogP) is 4.34. The number of hydrogen-bond donors (Lipinski definition) is 0. The van der Waals surface area contributed by atoms with E-state index in [4.69, 9.17) is 14.2 Å². The molecule has 1 aromatic rings. The lowest BCUT2D eigenvalue weighted by Crippen LogP contribution is -2.35. The Labute approximate surface area is 181 Å². The lowest BCUT2D eigenvalue weighted by atomic mass is 9.75. The lowest BCUT2D eigenvalue weighted by molar-refractivity contribution is -0.447. The van der Waals surface area contributed by atoms with E-state index in [0.717, 1.165) is 24.9 Å². The van der Waals surface area contributed by atoms with Gasteiger partial charge >= 0.3 is 11.9 Å². The third-order valence-electron chi connectivity index (χ3n) is 5.08. The Balaban J connectivity index is 1.75. The van der Waals surface area contributed by atoms with E-state index in [-0.39, 0.29) is 18.6 Å². The average Bonchev–Trinajstić information content (AvgIpc) is 2.71. The van der Waals surface area contributed by atoms with Crippen LogP contribution in [0.5, 0.6) is 5.75 Å². The Hall–Kier alpha value is -1.65. The highest BCUT2D eigenvalue weighted by atomic mass is 32.2. The van der Waals surface area contributed by atoms with Crippen LogP contribution >= 0.6 is 12.0 Å². The number of ether oxygens (including phenoxy) is 3. The Bertz CT molecular complexity index is 663. The standard InChI is InChI=1S/C21H30O8S/c1-14(2)18-10-5-15(3)11-19(18)25-13-26-21(23)16-6-8-17(9-7-16)27-20(22)12-30-29-28-24-4/h6-9,14-15,18-19H,5,10-13H2,1-4H3. The van der Waals surface area contributed by atoms with Crippen molar-refractivity contribution in [1.29, 1.82) is 0 Å². The summed E-state index contributed by atoms with van der Waals surface area (Å²) in [5.74, 6) is 0.819. The minimum Gasteiger partial charge on any atom is -0.435 e. The number of esters is 2. The first-order valence-corrected chi connectivity index (χ1v) is 10.9. The summed E-state index contributed by atoms with van der Waals surface area (Å²) in [5, 5.41) is 4.16. The monoisotopic (exact) mass is 442 g/mol. The molecule has 30 heavy (non-hydrogen) atoms. The van der Waals surface area contributed by atoms with Crippen molar-refractivity contribution in [3.63, 3.8) is 0 Å². The molecule has 1 aliphatic carbocycles. The Morgan fingerprint density at radius 1 is 1.17 bits per heavy atom. The van der Waals surface area contributed by atoms with Gasteiger partial charge < -0.3 is 14.2 Å². The largest absolute Gasteiger partial charge is 0.435 e. The van der Waals surface area contributed by atoms with Crippen LogP contribution in [0.4, 0.5) is 0 Å². The van der Waals surface area contributed by atoms with Crippen molar-refractivity contribution in [1.82, 2.24) is 0 Å². The maximum Gasteiger partial charge on any atom is 0.340 e. The van der Waals surface area contributed by atoms with Crippen molar-refractivity contribution in [2.45, 2.75) is 46.1 Å². The van der Waals surface area contributed by atoms with Gasteiger partial charge in [0.15, 0.2) is 6.79 Å². The maximum atomic E-state index is 12.2. The zero-order valence-corrected chi connectivity index (χ0v) is 18.6. The predicted molar refractivity (Wildman–Crippen MR) is 110 cm³/mol. The zero-order chi connectivity index (χ0) is 21.9. The van der Waals surface area contributed by atoms with Gasteiger partial charge in [0.1, 0.15) is 11.5 Å². The van der Waals surface area contributed by atoms with Crippen LogP contribution in [0.2, 0.25) is 0 Å². The van der Waals surface area contributed by atoms with E-state index >= 15 is 0 Å². The van der Waals surface area contributed by atoms with Gasteiger partial charge in [0, 0.05) is 12.0 Å². The molecule has 168 valence electrons. The van der Waals surface area contributed by atoms with Gasteiger partial charge in [-0.25, -0.2) is 9.68 Å². The molecule has 2 rings (SSSR count). The lowest BCUT2D eigenvalue weighted by Gasteiger charge is -2.36. The van der Waals surface area contributed by atoms with Gasteiger partial charge in [0.2, 0.25) is 0 Å². The zero-order valence-electron chi connectivity index (χ0n) is 17.8. The molecule has 1 fully saturated rings. The van der Waals surface area contributed by atoms with E-state index in [1.54, 1.807) is 0 Å². The van der Waals surface area contributed by atoms with E-state index in [1.807, 2.05) is 0 Å². The Kier molecular flexibility index (Phi) is 10.6. The van der Waals surface area contributed by atoms with Gasteiger partial charge in [-0.1, -0.05) is 32.2 Å². The van der Waals surface area contributed by atoms with E-state index in [9.17, 15) is 9.59 Å². The van der Waals surface area contributed by atoms with Gasteiger partial charge in [0.05, 0.1) is 18.8 Å². The second kappa shape index (κ2) is 12.9. The highest BCUT2D eigenvalue weighted by molar-refractivity contribution is 7.95. The number of benzene rings is 1. The van der Waals surface area contributed by atoms with Crippen molar-refractivity contribution in [3.8, 4) is 5.75 Å². The van der Waals surface area contributed by atoms with Crippen LogP contribution in [0.25, 0.3) is 0 Å². The van der Waals surface area contributed by atoms with Crippen LogP contribution in [0.1, 0.15) is 50.4 Å². The van der Waals surface area contributed by atoms with E-state index in [1.165, 1.54) is 37.8 Å². The highest BCUT2D eigenvalue weighted by Gasteiger charge is 2.31. The molecule has 1 aliphatic rings. The molecule has 9 heteroatoms. The molecular formula is C21H30O8S. The minimum atomic E-state index is -0.537. The third kappa shape index (κ3) is 8.23. The van der Waals surface area contributed by atoms with E-state index in [2.05, 4.69) is 35.0 Å². The summed E-state index contributed by atoms with van der Waals surface area (Å²) in [4.78, 5) is 28.1. The second-order valence-corrected chi connectivity index (χ2v) is 8.30. The SMILES string of the molecule is COOOSCC(=O)Oc1ccc(C(=O)OCOC2CC(C)CCC2C(C)C)cc1. The first-order chi connectivity index (χ1) is 14.4. The first-order valence-electron chi connectivity index (χ1n) is 9.99. The molecule has 0 heterocycles. The van der Waals surface area contributed by atoms with Crippen LogP contribution in [0, 0.1) is 17.8 Å². The van der Waals surface area contributed by atoms with Crippen molar-refractivity contribution in [2.24, 2.45) is 17.8 Å². The van der Waals surface area contributed by atoms with Gasteiger partial charge in [0.25, 0.3) is 0 Å². The summed E-state index contributed by atoms with van der Waals surface area (Å²) >= 11 is 0.726. The van der Waals surface area contributed by atoms with Gasteiger partial charge in [-0.3, -0.25) is 4.79 Å². The fraction of sp³-hybridized carbons (Fsp3) is 0.619. The summed E-state index contributed by atoms with van der Waals surface area (Å²) in [7, 11) is 1.27. The molecule has 3 unspecified atom stereocenters. The van der Waals surface area contributed by atoms with Crippen LogP contribution in [0.3, 0.4) is 0 Å². The molecule has 0 bridgehead atoms.